The lowest BCUT2D eigenvalue weighted by atomic mass is 10.1. The minimum atomic E-state index is -0.172. The van der Waals surface area contributed by atoms with Gasteiger partial charge in [-0.1, -0.05) is 18.2 Å². The van der Waals surface area contributed by atoms with Gasteiger partial charge in [0.15, 0.2) is 0 Å². The molecule has 0 unspecified atom stereocenters. The van der Waals surface area contributed by atoms with Crippen LogP contribution >= 0.6 is 0 Å². The van der Waals surface area contributed by atoms with E-state index in [1.54, 1.807) is 13.2 Å². The molecule has 5 heteroatoms. The summed E-state index contributed by atoms with van der Waals surface area (Å²) in [5, 5.41) is 3.00. The summed E-state index contributed by atoms with van der Waals surface area (Å²) in [6.45, 7) is 6.70. The van der Waals surface area contributed by atoms with Gasteiger partial charge in [0, 0.05) is 22.9 Å². The number of aryl methyl sites for hydroxylation is 2. The van der Waals surface area contributed by atoms with Crippen LogP contribution in [-0.2, 0) is 6.61 Å². The second-order valence-electron chi connectivity index (χ2n) is 7.00. The average Bonchev–Trinajstić information content (AvgIpc) is 2.75. The number of nitrogens with one attached hydrogen (secondary N) is 1. The highest BCUT2D eigenvalue weighted by Gasteiger charge is 2.13. The van der Waals surface area contributed by atoms with Crippen LogP contribution in [0.4, 0.5) is 5.69 Å². The van der Waals surface area contributed by atoms with Gasteiger partial charge in [-0.25, -0.2) is 0 Å². The zero-order valence-corrected chi connectivity index (χ0v) is 17.8. The number of hydrogen-bond donors (Lipinski definition) is 1. The number of benzene rings is 3. The molecule has 0 aromatic heterocycles. The molecule has 0 saturated carbocycles. The van der Waals surface area contributed by atoms with Gasteiger partial charge in [0.2, 0.25) is 0 Å². The Hall–Kier alpha value is -3.47. The fourth-order valence-electron chi connectivity index (χ4n) is 3.05. The fraction of sp³-hybridized carbons (Fsp3) is 0.240. The molecule has 0 saturated heterocycles. The van der Waals surface area contributed by atoms with E-state index in [1.165, 1.54) is 0 Å². The third-order valence-corrected chi connectivity index (χ3v) is 4.70. The van der Waals surface area contributed by atoms with Crippen LogP contribution < -0.4 is 19.5 Å². The Balaban J connectivity index is 1.80. The van der Waals surface area contributed by atoms with Gasteiger partial charge in [0.05, 0.1) is 13.7 Å². The highest BCUT2D eigenvalue weighted by molar-refractivity contribution is 6.04. The Kier molecular flexibility index (Phi) is 6.96. The third kappa shape index (κ3) is 5.32. The monoisotopic (exact) mass is 405 g/mol. The van der Waals surface area contributed by atoms with E-state index in [0.29, 0.717) is 23.7 Å². The van der Waals surface area contributed by atoms with Crippen molar-refractivity contribution < 1.29 is 19.0 Å². The molecule has 0 spiro atoms. The van der Waals surface area contributed by atoms with E-state index in [0.717, 1.165) is 28.1 Å². The van der Waals surface area contributed by atoms with E-state index in [9.17, 15) is 4.79 Å². The Morgan fingerprint density at radius 1 is 0.933 bits per heavy atom. The molecule has 0 aliphatic heterocycles. The van der Waals surface area contributed by atoms with E-state index < -0.39 is 0 Å². The lowest BCUT2D eigenvalue weighted by molar-refractivity contribution is 0.102. The normalized spacial score (nSPS) is 10.4. The molecular weight excluding hydrogens is 378 g/mol. The van der Waals surface area contributed by atoms with E-state index in [4.69, 9.17) is 14.2 Å². The summed E-state index contributed by atoms with van der Waals surface area (Å²) < 4.78 is 16.9. The topological polar surface area (TPSA) is 56.8 Å². The Labute approximate surface area is 177 Å². The molecule has 156 valence electrons. The molecule has 0 atom stereocenters. The smallest absolute Gasteiger partial charge is 0.255 e. The quantitative estimate of drug-likeness (QED) is 0.534. The first-order chi connectivity index (χ1) is 14.5. The van der Waals surface area contributed by atoms with Gasteiger partial charge in [-0.05, 0) is 68.3 Å². The molecule has 3 rings (SSSR count). The van der Waals surface area contributed by atoms with Gasteiger partial charge in [-0.3, -0.25) is 4.79 Å². The number of ether oxygens (including phenoxy) is 3. The van der Waals surface area contributed by atoms with Crippen LogP contribution in [0.5, 0.6) is 17.2 Å². The number of carbonyl (C=O) groups excluding carboxylic acids is 1. The van der Waals surface area contributed by atoms with Crippen molar-refractivity contribution in [2.24, 2.45) is 0 Å². The first kappa shape index (κ1) is 21.2. The van der Waals surface area contributed by atoms with Crippen molar-refractivity contribution in [1.29, 1.82) is 0 Å². The van der Waals surface area contributed by atoms with Crippen LogP contribution in [0, 0.1) is 13.8 Å². The lowest BCUT2D eigenvalue weighted by Crippen LogP contribution is -2.14. The number of rotatable bonds is 8. The second kappa shape index (κ2) is 9.83. The minimum absolute atomic E-state index is 0.172. The second-order valence-corrected chi connectivity index (χ2v) is 7.00. The maximum Gasteiger partial charge on any atom is 0.255 e. The molecule has 0 fully saturated rings. The maximum absolute atomic E-state index is 12.8. The first-order valence-corrected chi connectivity index (χ1v) is 9.91. The summed E-state index contributed by atoms with van der Waals surface area (Å²) in [5.41, 5.74) is 4.26. The SMILES string of the molecule is CCOc1ccc(C(=O)Nc2cc(C)ccc2C)cc1COc1cccc(OC)c1. The molecular formula is C25H27NO4. The molecule has 1 amide bonds. The van der Waals surface area contributed by atoms with Crippen LogP contribution in [0.2, 0.25) is 0 Å². The van der Waals surface area contributed by atoms with E-state index in [-0.39, 0.29) is 12.5 Å². The van der Waals surface area contributed by atoms with Crippen molar-refractivity contribution in [2.75, 3.05) is 19.0 Å². The average molecular weight is 405 g/mol. The van der Waals surface area contributed by atoms with Crippen molar-refractivity contribution in [1.82, 2.24) is 0 Å². The summed E-state index contributed by atoms with van der Waals surface area (Å²) in [7, 11) is 1.62. The van der Waals surface area contributed by atoms with Gasteiger partial charge >= 0.3 is 0 Å². The molecule has 0 heterocycles. The zero-order chi connectivity index (χ0) is 21.5. The van der Waals surface area contributed by atoms with Gasteiger partial charge in [0.1, 0.15) is 23.9 Å². The van der Waals surface area contributed by atoms with Crippen LogP contribution in [0.25, 0.3) is 0 Å². The van der Waals surface area contributed by atoms with Crippen molar-refractivity contribution >= 4 is 11.6 Å². The molecule has 0 aliphatic rings. The summed E-state index contributed by atoms with van der Waals surface area (Å²) in [4.78, 5) is 12.8. The molecule has 3 aromatic rings. The molecule has 0 radical (unpaired) electrons. The maximum atomic E-state index is 12.8. The van der Waals surface area contributed by atoms with Crippen molar-refractivity contribution in [3.8, 4) is 17.2 Å². The number of carbonyl (C=O) groups is 1. The predicted octanol–water partition coefficient (Wildman–Crippen LogP) is 5.54. The molecule has 5 nitrogen and oxygen atoms in total. The minimum Gasteiger partial charge on any atom is -0.497 e. The Bertz CT molecular complexity index is 1030. The van der Waals surface area contributed by atoms with E-state index in [2.05, 4.69) is 5.32 Å². The van der Waals surface area contributed by atoms with Crippen molar-refractivity contribution in [2.45, 2.75) is 27.4 Å². The van der Waals surface area contributed by atoms with Crippen molar-refractivity contribution in [3.05, 3.63) is 82.9 Å². The molecule has 1 N–H and O–H groups in total. The zero-order valence-electron chi connectivity index (χ0n) is 17.8. The van der Waals surface area contributed by atoms with Gasteiger partial charge < -0.3 is 19.5 Å². The lowest BCUT2D eigenvalue weighted by Gasteiger charge is -2.14. The molecule has 0 bridgehead atoms. The fourth-order valence-corrected chi connectivity index (χ4v) is 3.05. The van der Waals surface area contributed by atoms with Crippen molar-refractivity contribution in [3.63, 3.8) is 0 Å². The Morgan fingerprint density at radius 3 is 2.50 bits per heavy atom. The highest BCUT2D eigenvalue weighted by Crippen LogP contribution is 2.25. The predicted molar refractivity (Wildman–Crippen MR) is 119 cm³/mol. The highest BCUT2D eigenvalue weighted by atomic mass is 16.5. The van der Waals surface area contributed by atoms with E-state index in [1.807, 2.05) is 75.4 Å². The standard InChI is InChI=1S/C25H27NO4/c1-5-29-24-12-11-19(25(27)26-23-13-17(2)9-10-18(23)3)14-20(24)16-30-22-8-6-7-21(15-22)28-4/h6-15H,5,16H2,1-4H3,(H,26,27). The third-order valence-electron chi connectivity index (χ3n) is 4.70. The molecule has 30 heavy (non-hydrogen) atoms. The van der Waals surface area contributed by atoms with Gasteiger partial charge in [-0.15, -0.1) is 0 Å². The largest absolute Gasteiger partial charge is 0.497 e. The van der Waals surface area contributed by atoms with E-state index >= 15 is 0 Å². The summed E-state index contributed by atoms with van der Waals surface area (Å²) in [5.74, 6) is 1.93. The van der Waals surface area contributed by atoms with Crippen LogP contribution in [0.3, 0.4) is 0 Å². The molecule has 0 aliphatic carbocycles. The number of methoxy groups -OCH3 is 1. The first-order valence-electron chi connectivity index (χ1n) is 9.91. The summed E-state index contributed by atoms with van der Waals surface area (Å²) in [6, 6.07) is 18.8. The van der Waals surface area contributed by atoms with Crippen LogP contribution in [0.1, 0.15) is 34.0 Å². The van der Waals surface area contributed by atoms with Gasteiger partial charge in [0.25, 0.3) is 5.91 Å². The Morgan fingerprint density at radius 2 is 1.73 bits per heavy atom. The van der Waals surface area contributed by atoms with Gasteiger partial charge in [-0.2, -0.15) is 0 Å². The van der Waals surface area contributed by atoms with Crippen LogP contribution in [-0.4, -0.2) is 19.6 Å². The summed E-state index contributed by atoms with van der Waals surface area (Å²) in [6.07, 6.45) is 0. The number of amides is 1. The van der Waals surface area contributed by atoms with Crippen LogP contribution in [0.15, 0.2) is 60.7 Å². The summed E-state index contributed by atoms with van der Waals surface area (Å²) >= 11 is 0. The number of hydrogen-bond acceptors (Lipinski definition) is 4. The number of anilines is 1. The molecule has 3 aromatic carbocycles.